The zero-order valence-electron chi connectivity index (χ0n) is 13.9. The number of nitriles is 1. The molecule has 0 aromatic heterocycles. The van der Waals surface area contributed by atoms with Gasteiger partial charge in [-0.3, -0.25) is 4.79 Å². The first-order valence-corrected chi connectivity index (χ1v) is 9.66. The van der Waals surface area contributed by atoms with Gasteiger partial charge in [0.2, 0.25) is 5.91 Å². The third kappa shape index (κ3) is 4.22. The van der Waals surface area contributed by atoms with E-state index in [4.69, 9.17) is 5.26 Å². The first kappa shape index (κ1) is 18.2. The summed E-state index contributed by atoms with van der Waals surface area (Å²) in [7, 11) is -2.01. The molecule has 2 saturated heterocycles. The van der Waals surface area contributed by atoms with Crippen LogP contribution in [-0.2, 0) is 15.0 Å². The molecular weight excluding hydrogens is 316 g/mol. The number of nitrogens with zero attached hydrogens (tertiary/aromatic N) is 4. The molecule has 2 aliphatic rings. The highest BCUT2D eigenvalue weighted by atomic mass is 32.2. The minimum absolute atomic E-state index is 0.164. The maximum Gasteiger partial charge on any atom is 0.281 e. The van der Waals surface area contributed by atoms with Crippen LogP contribution in [-0.4, -0.2) is 67.1 Å². The number of carbonyl (C=O) groups is 1. The van der Waals surface area contributed by atoms with Crippen LogP contribution in [0.25, 0.3) is 0 Å². The van der Waals surface area contributed by atoms with Crippen molar-refractivity contribution >= 4 is 16.1 Å². The molecule has 1 atom stereocenters. The molecule has 0 aromatic carbocycles. The topological polar surface area (TPSA) is 84.7 Å². The Bertz CT molecular complexity index is 564. The monoisotopic (exact) mass is 342 g/mol. The summed E-state index contributed by atoms with van der Waals surface area (Å²) in [6.07, 6.45) is 4.00. The summed E-state index contributed by atoms with van der Waals surface area (Å²) in [5.74, 6) is -0.129. The fourth-order valence-corrected chi connectivity index (χ4v) is 4.79. The number of hydrogen-bond acceptors (Lipinski definition) is 4. The molecule has 2 aliphatic heterocycles. The average molecular weight is 342 g/mol. The van der Waals surface area contributed by atoms with Crippen molar-refractivity contribution in [3.8, 4) is 6.07 Å². The third-order valence-electron chi connectivity index (χ3n) is 4.70. The number of likely N-dealkylation sites (tertiary alicyclic amines) is 1. The molecule has 0 aromatic rings. The van der Waals surface area contributed by atoms with Crippen LogP contribution in [0.2, 0.25) is 0 Å². The van der Waals surface area contributed by atoms with Crippen LogP contribution in [0.15, 0.2) is 0 Å². The summed E-state index contributed by atoms with van der Waals surface area (Å²) in [6.45, 7) is 3.57. The van der Waals surface area contributed by atoms with Crippen molar-refractivity contribution in [2.45, 2.75) is 45.1 Å². The average Bonchev–Trinajstić information content (AvgIpc) is 2.55. The van der Waals surface area contributed by atoms with Crippen LogP contribution in [0.1, 0.15) is 39.0 Å². The van der Waals surface area contributed by atoms with E-state index in [2.05, 4.69) is 6.07 Å². The lowest BCUT2D eigenvalue weighted by Gasteiger charge is -2.40. The van der Waals surface area contributed by atoms with Gasteiger partial charge in [0.25, 0.3) is 10.2 Å². The highest BCUT2D eigenvalue weighted by molar-refractivity contribution is 7.86. The zero-order chi connectivity index (χ0) is 17.0. The van der Waals surface area contributed by atoms with E-state index in [1.54, 1.807) is 6.92 Å². The van der Waals surface area contributed by atoms with Crippen molar-refractivity contribution in [1.29, 1.82) is 5.26 Å². The summed E-state index contributed by atoms with van der Waals surface area (Å²) in [4.78, 5) is 13.9. The molecule has 1 unspecified atom stereocenters. The van der Waals surface area contributed by atoms with Crippen LogP contribution in [0.4, 0.5) is 0 Å². The highest BCUT2D eigenvalue weighted by Gasteiger charge is 2.35. The molecule has 0 bridgehead atoms. The minimum atomic E-state index is -3.52. The largest absolute Gasteiger partial charge is 0.340 e. The van der Waals surface area contributed by atoms with Gasteiger partial charge in [-0.05, 0) is 32.6 Å². The van der Waals surface area contributed by atoms with Gasteiger partial charge in [0.15, 0.2) is 0 Å². The smallest absolute Gasteiger partial charge is 0.281 e. The maximum absolute atomic E-state index is 12.5. The van der Waals surface area contributed by atoms with Crippen LogP contribution >= 0.6 is 0 Å². The predicted molar refractivity (Wildman–Crippen MR) is 86.5 cm³/mol. The Balaban J connectivity index is 1.92. The number of hydrogen-bond donors (Lipinski definition) is 0. The molecule has 0 spiro atoms. The predicted octanol–water partition coefficient (Wildman–Crippen LogP) is 0.800. The van der Waals surface area contributed by atoms with Crippen LogP contribution in [0.3, 0.4) is 0 Å². The number of amides is 1. The van der Waals surface area contributed by atoms with E-state index in [1.165, 1.54) is 15.7 Å². The van der Waals surface area contributed by atoms with Gasteiger partial charge in [-0.25, -0.2) is 0 Å². The molecule has 7 nitrogen and oxygen atoms in total. The van der Waals surface area contributed by atoms with E-state index in [0.717, 1.165) is 19.4 Å². The molecule has 8 heteroatoms. The van der Waals surface area contributed by atoms with E-state index in [0.29, 0.717) is 32.4 Å². The molecule has 1 amide bonds. The Kier molecular flexibility index (Phi) is 6.00. The Morgan fingerprint density at radius 1 is 1.30 bits per heavy atom. The van der Waals surface area contributed by atoms with Crippen molar-refractivity contribution in [3.63, 3.8) is 0 Å². The minimum Gasteiger partial charge on any atom is -0.340 e. The molecule has 130 valence electrons. The zero-order valence-corrected chi connectivity index (χ0v) is 14.8. The van der Waals surface area contributed by atoms with Gasteiger partial charge in [-0.1, -0.05) is 0 Å². The van der Waals surface area contributed by atoms with Crippen molar-refractivity contribution < 1.29 is 13.2 Å². The Morgan fingerprint density at radius 2 is 1.96 bits per heavy atom. The molecule has 2 heterocycles. The number of rotatable bonds is 5. The second kappa shape index (κ2) is 7.60. The molecule has 0 N–H and O–H groups in total. The molecule has 23 heavy (non-hydrogen) atoms. The van der Waals surface area contributed by atoms with E-state index < -0.39 is 10.2 Å². The fraction of sp³-hybridized carbons (Fsp3) is 0.867. The lowest BCUT2D eigenvalue weighted by Crippen LogP contribution is -2.52. The van der Waals surface area contributed by atoms with Gasteiger partial charge in [-0.2, -0.15) is 22.3 Å². The third-order valence-corrected chi connectivity index (χ3v) is 6.65. The van der Waals surface area contributed by atoms with Gasteiger partial charge in [0, 0.05) is 45.7 Å². The lowest BCUT2D eigenvalue weighted by atomic mass is 10.0. The molecular formula is C15H26N4O3S. The van der Waals surface area contributed by atoms with Gasteiger partial charge in [0.05, 0.1) is 12.0 Å². The normalized spacial score (nSPS) is 23.0. The molecule has 0 radical (unpaired) electrons. The standard InChI is InChI=1S/C15H26N4O3S/c1-13(11-16)12-17(2)23(21,22)18-9-6-14(7-10-18)19-8-4-3-5-15(19)20/h13-14H,3-10,12H2,1-2H3. The number of carbonyl (C=O) groups excluding carboxylic acids is 1. The van der Waals surface area contributed by atoms with Crippen molar-refractivity contribution in [2.75, 3.05) is 33.2 Å². The summed E-state index contributed by atoms with van der Waals surface area (Å²) < 4.78 is 27.8. The lowest BCUT2D eigenvalue weighted by molar-refractivity contribution is -0.136. The summed E-state index contributed by atoms with van der Waals surface area (Å²) in [6, 6.07) is 2.22. The Morgan fingerprint density at radius 3 is 2.52 bits per heavy atom. The van der Waals surface area contributed by atoms with E-state index in [1.807, 2.05) is 4.90 Å². The van der Waals surface area contributed by atoms with Gasteiger partial charge in [-0.15, -0.1) is 0 Å². The Labute approximate surface area is 139 Å². The van der Waals surface area contributed by atoms with Crippen molar-refractivity contribution in [2.24, 2.45) is 5.92 Å². The van der Waals surface area contributed by atoms with Gasteiger partial charge < -0.3 is 4.90 Å². The fourth-order valence-electron chi connectivity index (χ4n) is 3.32. The van der Waals surface area contributed by atoms with E-state index in [-0.39, 0.29) is 24.4 Å². The van der Waals surface area contributed by atoms with Crippen LogP contribution in [0.5, 0.6) is 0 Å². The molecule has 0 aliphatic carbocycles. The molecule has 2 rings (SSSR count). The van der Waals surface area contributed by atoms with Gasteiger partial charge >= 0.3 is 0 Å². The highest BCUT2D eigenvalue weighted by Crippen LogP contribution is 2.24. The summed E-state index contributed by atoms with van der Waals surface area (Å²) in [5.41, 5.74) is 0. The second-order valence-corrected chi connectivity index (χ2v) is 8.53. The summed E-state index contributed by atoms with van der Waals surface area (Å²) >= 11 is 0. The summed E-state index contributed by atoms with van der Waals surface area (Å²) in [5, 5.41) is 8.84. The molecule has 2 fully saturated rings. The Hall–Kier alpha value is -1.17. The van der Waals surface area contributed by atoms with E-state index in [9.17, 15) is 13.2 Å². The second-order valence-electron chi connectivity index (χ2n) is 6.49. The first-order valence-electron chi connectivity index (χ1n) is 8.26. The van der Waals surface area contributed by atoms with Crippen molar-refractivity contribution in [3.05, 3.63) is 0 Å². The van der Waals surface area contributed by atoms with Crippen LogP contribution < -0.4 is 0 Å². The van der Waals surface area contributed by atoms with Gasteiger partial charge in [0.1, 0.15) is 0 Å². The SMILES string of the molecule is CC(C#N)CN(C)S(=O)(=O)N1CCC(N2CCCCC2=O)CC1. The quantitative estimate of drug-likeness (QED) is 0.740. The maximum atomic E-state index is 12.5. The molecule has 0 saturated carbocycles. The van der Waals surface area contributed by atoms with E-state index >= 15 is 0 Å². The van der Waals surface area contributed by atoms with Crippen molar-refractivity contribution in [1.82, 2.24) is 13.5 Å². The number of piperidine rings is 2. The van der Waals surface area contributed by atoms with Crippen LogP contribution in [0, 0.1) is 17.2 Å². The first-order chi connectivity index (χ1) is 10.9.